The molecule has 7 aliphatic rings. The van der Waals surface area contributed by atoms with Crippen LogP contribution in [0.1, 0.15) is 40.0 Å². The Balaban J connectivity index is 1.26. The molecule has 14 atom stereocenters. The summed E-state index contributed by atoms with van der Waals surface area (Å²) in [6.45, 7) is 5.26. The van der Waals surface area contributed by atoms with Gasteiger partial charge in [-0.1, -0.05) is 26.0 Å². The van der Waals surface area contributed by atoms with Crippen LogP contribution in [0.4, 0.5) is 0 Å². The highest BCUT2D eigenvalue weighted by atomic mass is 16.7. The lowest BCUT2D eigenvalue weighted by atomic mass is 9.71. The van der Waals surface area contributed by atoms with Gasteiger partial charge in [0.2, 0.25) is 11.5 Å². The van der Waals surface area contributed by atoms with E-state index in [0.717, 1.165) is 12.8 Å². The molecule has 0 radical (unpaired) electrons. The van der Waals surface area contributed by atoms with Crippen molar-refractivity contribution in [2.75, 3.05) is 13.7 Å². The second kappa shape index (κ2) is 8.98. The van der Waals surface area contributed by atoms with Crippen LogP contribution in [0.3, 0.4) is 0 Å². The lowest BCUT2D eigenvalue weighted by Crippen LogP contribution is -2.63. The first-order valence-corrected chi connectivity index (χ1v) is 14.1. The van der Waals surface area contributed by atoms with E-state index >= 15 is 0 Å². The summed E-state index contributed by atoms with van der Waals surface area (Å²) in [6, 6.07) is -0.0184. The van der Waals surface area contributed by atoms with Gasteiger partial charge in [-0.05, 0) is 26.2 Å². The van der Waals surface area contributed by atoms with Gasteiger partial charge in [-0.3, -0.25) is 4.90 Å². The van der Waals surface area contributed by atoms with Crippen LogP contribution in [0.2, 0.25) is 0 Å². The summed E-state index contributed by atoms with van der Waals surface area (Å²) in [5, 5.41) is 40.9. The zero-order valence-corrected chi connectivity index (χ0v) is 22.9. The second-order valence-electron chi connectivity index (χ2n) is 12.0. The Kier molecular flexibility index (Phi) is 6.03. The van der Waals surface area contributed by atoms with Gasteiger partial charge in [0, 0.05) is 12.0 Å². The predicted molar refractivity (Wildman–Crippen MR) is 133 cm³/mol. The van der Waals surface area contributed by atoms with Crippen LogP contribution >= 0.6 is 0 Å². The third-order valence-corrected chi connectivity index (χ3v) is 10.2. The monoisotopic (exact) mass is 563 g/mol. The van der Waals surface area contributed by atoms with Crippen molar-refractivity contribution >= 4 is 5.97 Å². The maximum atomic E-state index is 12.4. The predicted octanol–water partition coefficient (Wildman–Crippen LogP) is 0.00820. The Labute approximate surface area is 231 Å². The average molecular weight is 564 g/mol. The van der Waals surface area contributed by atoms with Gasteiger partial charge in [0.15, 0.2) is 12.0 Å². The minimum Gasteiger partial charge on any atom is -0.492 e. The van der Waals surface area contributed by atoms with E-state index in [1.54, 1.807) is 6.92 Å². The van der Waals surface area contributed by atoms with E-state index in [0.29, 0.717) is 29.3 Å². The summed E-state index contributed by atoms with van der Waals surface area (Å²) in [5.74, 6) is -0.609. The Morgan fingerprint density at radius 2 is 1.95 bits per heavy atom. The number of methoxy groups -OCH3 is 1. The van der Waals surface area contributed by atoms with Crippen LogP contribution in [0, 0.1) is 17.8 Å². The smallest absolute Gasteiger partial charge is 0.343 e. The number of piperidine rings is 1. The molecule has 0 aromatic rings. The largest absolute Gasteiger partial charge is 0.492 e. The molecule has 7 heterocycles. The lowest BCUT2D eigenvalue weighted by molar-refractivity contribution is -0.323. The number of hydrogen-bond acceptors (Lipinski definition) is 12. The fourth-order valence-electron chi connectivity index (χ4n) is 8.66. The topological polar surface area (TPSA) is 157 Å². The highest BCUT2D eigenvalue weighted by molar-refractivity contribution is 5.93. The summed E-state index contributed by atoms with van der Waals surface area (Å²) < 4.78 is 36.9. The summed E-state index contributed by atoms with van der Waals surface area (Å²) >= 11 is 0. The molecule has 0 amide bonds. The molecule has 5 bridgehead atoms. The molecular weight excluding hydrogens is 526 g/mol. The van der Waals surface area contributed by atoms with Crippen LogP contribution < -0.4 is 0 Å². The molecule has 40 heavy (non-hydrogen) atoms. The minimum absolute atomic E-state index is 0.0184. The molecule has 220 valence electrons. The van der Waals surface area contributed by atoms with E-state index < -0.39 is 60.8 Å². The summed E-state index contributed by atoms with van der Waals surface area (Å²) in [5.41, 5.74) is -0.124. The van der Waals surface area contributed by atoms with Crippen molar-refractivity contribution in [3.8, 4) is 0 Å². The number of carbonyl (C=O) groups is 1. The van der Waals surface area contributed by atoms with Gasteiger partial charge < -0.3 is 48.8 Å². The number of ether oxygens (including phenoxy) is 6. The molecule has 6 fully saturated rings. The Hall–Kier alpha value is -2.03. The Morgan fingerprint density at radius 3 is 2.65 bits per heavy atom. The van der Waals surface area contributed by atoms with Crippen molar-refractivity contribution in [3.63, 3.8) is 0 Å². The molecule has 12 nitrogen and oxygen atoms in total. The van der Waals surface area contributed by atoms with Crippen LogP contribution in [0.15, 0.2) is 35.0 Å². The third-order valence-electron chi connectivity index (χ3n) is 10.2. The van der Waals surface area contributed by atoms with E-state index in [1.165, 1.54) is 7.11 Å². The van der Waals surface area contributed by atoms with Crippen LogP contribution in [-0.4, -0.2) is 105 Å². The summed E-state index contributed by atoms with van der Waals surface area (Å²) in [6.07, 6.45) is -1.04. The van der Waals surface area contributed by atoms with Crippen molar-refractivity contribution in [2.45, 2.75) is 100 Å². The van der Waals surface area contributed by atoms with Crippen LogP contribution in [-0.2, 0) is 33.2 Å². The lowest BCUT2D eigenvalue weighted by Gasteiger charge is -2.48. The molecule has 1 spiro atoms. The van der Waals surface area contributed by atoms with Gasteiger partial charge in [-0.2, -0.15) is 0 Å². The molecule has 1 unspecified atom stereocenters. The van der Waals surface area contributed by atoms with Crippen molar-refractivity contribution in [1.29, 1.82) is 0 Å². The zero-order chi connectivity index (χ0) is 28.3. The standard InChI is InChI=1S/C28H37NO11/c1-5-6-7-27-15-9-17(37-26-21(33)20(32)19(31)14(10-30)36-26)29(27)13-8-16(27)39-28(15)18(13)11(2)23(40-28)24-22(35-4)12(3)25(34)38-24/h6-7,11,13-21,26,30-33H,5,8-10H2,1-4H3/b7-6+,24-23-/t11-,13-,14+,15-,16-,17+,18+,19+,20-,21+,26-,27+,28+/m0/s1. The molecule has 6 saturated heterocycles. The first kappa shape index (κ1) is 26.8. The third kappa shape index (κ3) is 3.11. The molecule has 0 saturated carbocycles. The SMILES string of the molecule is CC/C=C/[C@]12[C@@H]3C[C@H]4[C@H]5[C@H](C)/C(=C6/OC(=O)C(C)=C6OC)O[C@]5(O3)[C@H]1C[C@@H](O[C@@H]1O[C@H](CO)[C@@H](O)[C@H](O)[C@H]1O)N42. The fraction of sp³-hybridized carbons (Fsp3) is 0.750. The molecule has 0 aromatic heterocycles. The van der Waals surface area contributed by atoms with E-state index in [9.17, 15) is 25.2 Å². The molecule has 7 rings (SSSR count). The number of rotatable bonds is 6. The summed E-state index contributed by atoms with van der Waals surface area (Å²) in [4.78, 5) is 14.7. The normalized spacial score (nSPS) is 54.0. The van der Waals surface area contributed by atoms with Crippen molar-refractivity contribution < 1.29 is 53.6 Å². The van der Waals surface area contributed by atoms with Crippen LogP contribution in [0.5, 0.6) is 0 Å². The quantitative estimate of drug-likeness (QED) is 0.254. The molecule has 0 aliphatic carbocycles. The number of aliphatic hydroxyl groups excluding tert-OH is 4. The van der Waals surface area contributed by atoms with E-state index in [1.807, 2.05) is 0 Å². The molecule has 12 heteroatoms. The first-order chi connectivity index (χ1) is 19.1. The van der Waals surface area contributed by atoms with Crippen molar-refractivity contribution in [2.24, 2.45) is 17.8 Å². The van der Waals surface area contributed by atoms with Gasteiger partial charge in [0.25, 0.3) is 0 Å². The number of cyclic esters (lactones) is 1. The van der Waals surface area contributed by atoms with Crippen LogP contribution in [0.25, 0.3) is 0 Å². The molecule has 0 aromatic carbocycles. The number of esters is 1. The van der Waals surface area contributed by atoms with Crippen molar-refractivity contribution in [1.82, 2.24) is 4.90 Å². The number of fused-ring (bicyclic) bond motifs is 1. The fourth-order valence-corrected chi connectivity index (χ4v) is 8.66. The average Bonchev–Trinajstić information content (AvgIpc) is 3.64. The Morgan fingerprint density at radius 1 is 1.18 bits per heavy atom. The molecule has 4 N–H and O–H groups in total. The number of hydrogen-bond donors (Lipinski definition) is 4. The van der Waals surface area contributed by atoms with Gasteiger partial charge in [0.1, 0.15) is 36.4 Å². The van der Waals surface area contributed by atoms with E-state index in [-0.39, 0.29) is 29.9 Å². The van der Waals surface area contributed by atoms with Gasteiger partial charge in [0.05, 0.1) is 42.8 Å². The maximum absolute atomic E-state index is 12.4. The summed E-state index contributed by atoms with van der Waals surface area (Å²) in [7, 11) is 1.50. The number of nitrogens with zero attached hydrogens (tertiary/aromatic N) is 1. The molecular formula is C28H37NO11. The highest BCUT2D eigenvalue weighted by Crippen LogP contribution is 2.74. The molecule has 7 aliphatic heterocycles. The van der Waals surface area contributed by atoms with Gasteiger partial charge in [-0.15, -0.1) is 0 Å². The maximum Gasteiger partial charge on any atom is 0.343 e. The van der Waals surface area contributed by atoms with Crippen molar-refractivity contribution in [3.05, 3.63) is 35.0 Å². The zero-order valence-electron chi connectivity index (χ0n) is 22.9. The number of carbonyl (C=O) groups excluding carboxylic acids is 1. The van der Waals surface area contributed by atoms with Gasteiger partial charge >= 0.3 is 5.97 Å². The second-order valence-corrected chi connectivity index (χ2v) is 12.0. The first-order valence-electron chi connectivity index (χ1n) is 14.1. The minimum atomic E-state index is -1.52. The Bertz CT molecular complexity index is 1200. The number of aliphatic hydroxyl groups is 4. The van der Waals surface area contributed by atoms with E-state index in [4.69, 9.17) is 28.4 Å². The van der Waals surface area contributed by atoms with Gasteiger partial charge in [-0.25, -0.2) is 4.79 Å². The highest BCUT2D eigenvalue weighted by Gasteiger charge is 2.85. The van der Waals surface area contributed by atoms with E-state index in [2.05, 4.69) is 30.9 Å². The number of allylic oxidation sites excluding steroid dienone is 2.